The lowest BCUT2D eigenvalue weighted by atomic mass is 9.84. The standard InChI is InChI=1S/C24H27ClN2O3/c1-16(2)15-27-11-9-24(29,10-12-27)18-3-8-21-17(13-18)14-22(30-21)23(28)26-20-6-4-19(25)5-7-20/h3-8,13-14,16,29H,9-12,15H2,1-2H3,(H,26,28). The van der Waals surface area contributed by atoms with Gasteiger partial charge in [-0.3, -0.25) is 4.79 Å². The monoisotopic (exact) mass is 426 g/mol. The third-order valence-electron chi connectivity index (χ3n) is 5.69. The lowest BCUT2D eigenvalue weighted by Crippen LogP contribution is -2.43. The summed E-state index contributed by atoms with van der Waals surface area (Å²) < 4.78 is 5.73. The molecule has 1 aromatic heterocycles. The van der Waals surface area contributed by atoms with E-state index >= 15 is 0 Å². The summed E-state index contributed by atoms with van der Waals surface area (Å²) in [6.45, 7) is 7.26. The molecular formula is C24H27ClN2O3. The molecule has 1 amide bonds. The van der Waals surface area contributed by atoms with Crippen molar-refractivity contribution >= 4 is 34.2 Å². The Balaban J connectivity index is 1.50. The number of rotatable bonds is 5. The average molecular weight is 427 g/mol. The lowest BCUT2D eigenvalue weighted by Gasteiger charge is -2.39. The molecule has 158 valence electrons. The number of piperidine rings is 1. The molecule has 6 heteroatoms. The Labute approximate surface area is 181 Å². The van der Waals surface area contributed by atoms with Gasteiger partial charge in [0.15, 0.2) is 5.76 Å². The van der Waals surface area contributed by atoms with Crippen LogP contribution in [-0.2, 0) is 5.60 Å². The Morgan fingerprint density at radius 2 is 1.87 bits per heavy atom. The summed E-state index contributed by atoms with van der Waals surface area (Å²) >= 11 is 5.88. The highest BCUT2D eigenvalue weighted by molar-refractivity contribution is 6.30. The molecule has 30 heavy (non-hydrogen) atoms. The molecule has 0 spiro atoms. The summed E-state index contributed by atoms with van der Waals surface area (Å²) in [6.07, 6.45) is 1.40. The molecule has 0 atom stereocenters. The molecule has 1 saturated heterocycles. The number of anilines is 1. The van der Waals surface area contributed by atoms with Crippen molar-refractivity contribution in [1.82, 2.24) is 4.90 Å². The van der Waals surface area contributed by atoms with Crippen LogP contribution in [0.4, 0.5) is 5.69 Å². The third-order valence-corrected chi connectivity index (χ3v) is 5.94. The highest BCUT2D eigenvalue weighted by atomic mass is 35.5. The topological polar surface area (TPSA) is 65.7 Å². The molecule has 0 aliphatic carbocycles. The van der Waals surface area contributed by atoms with Gasteiger partial charge in [-0.15, -0.1) is 0 Å². The molecule has 3 aromatic rings. The second-order valence-corrected chi connectivity index (χ2v) is 8.99. The first-order valence-electron chi connectivity index (χ1n) is 10.4. The average Bonchev–Trinajstić information content (AvgIpc) is 3.15. The second kappa shape index (κ2) is 8.42. The molecule has 4 rings (SSSR count). The number of nitrogens with zero attached hydrogens (tertiary/aromatic N) is 1. The molecule has 2 N–H and O–H groups in total. The largest absolute Gasteiger partial charge is 0.451 e. The number of hydrogen-bond donors (Lipinski definition) is 2. The predicted molar refractivity (Wildman–Crippen MR) is 120 cm³/mol. The number of nitrogens with one attached hydrogen (secondary N) is 1. The Morgan fingerprint density at radius 3 is 2.53 bits per heavy atom. The van der Waals surface area contributed by atoms with Gasteiger partial charge in [-0.25, -0.2) is 0 Å². The first-order chi connectivity index (χ1) is 14.3. The summed E-state index contributed by atoms with van der Waals surface area (Å²) in [5, 5.41) is 15.5. The molecule has 0 bridgehead atoms. The highest BCUT2D eigenvalue weighted by Gasteiger charge is 2.34. The van der Waals surface area contributed by atoms with Crippen LogP contribution >= 0.6 is 11.6 Å². The van der Waals surface area contributed by atoms with Crippen LogP contribution in [0.25, 0.3) is 11.0 Å². The SMILES string of the molecule is CC(C)CN1CCC(O)(c2ccc3oc(C(=O)Nc4ccc(Cl)cc4)cc3c2)CC1. The summed E-state index contributed by atoms with van der Waals surface area (Å²) in [5.41, 5.74) is 1.31. The van der Waals surface area contributed by atoms with Crippen molar-refractivity contribution in [3.63, 3.8) is 0 Å². The molecule has 1 aliphatic rings. The van der Waals surface area contributed by atoms with Crippen LogP contribution in [-0.4, -0.2) is 35.5 Å². The first-order valence-corrected chi connectivity index (χ1v) is 10.8. The van der Waals surface area contributed by atoms with Crippen molar-refractivity contribution in [2.45, 2.75) is 32.3 Å². The molecule has 5 nitrogen and oxygen atoms in total. The zero-order chi connectivity index (χ0) is 21.3. The zero-order valence-corrected chi connectivity index (χ0v) is 18.1. The van der Waals surface area contributed by atoms with Crippen molar-refractivity contribution < 1.29 is 14.3 Å². The van der Waals surface area contributed by atoms with Gasteiger partial charge < -0.3 is 19.7 Å². The summed E-state index contributed by atoms with van der Waals surface area (Å²) in [4.78, 5) is 15.0. The van der Waals surface area contributed by atoms with Gasteiger partial charge in [0.25, 0.3) is 5.91 Å². The number of carbonyl (C=O) groups is 1. The lowest BCUT2D eigenvalue weighted by molar-refractivity contribution is -0.0278. The van der Waals surface area contributed by atoms with Crippen molar-refractivity contribution in [2.24, 2.45) is 5.92 Å². The van der Waals surface area contributed by atoms with Crippen LogP contribution in [0.1, 0.15) is 42.8 Å². The molecular weight excluding hydrogens is 400 g/mol. The third kappa shape index (κ3) is 4.53. The fourth-order valence-corrected chi connectivity index (χ4v) is 4.21. The maximum absolute atomic E-state index is 12.5. The number of likely N-dealkylation sites (tertiary alicyclic amines) is 1. The molecule has 2 heterocycles. The van der Waals surface area contributed by atoms with Gasteiger partial charge in [0.1, 0.15) is 5.58 Å². The summed E-state index contributed by atoms with van der Waals surface area (Å²) in [6, 6.07) is 14.3. The normalized spacial score (nSPS) is 16.8. The second-order valence-electron chi connectivity index (χ2n) is 8.55. The minimum atomic E-state index is -0.843. The minimum Gasteiger partial charge on any atom is -0.451 e. The van der Waals surface area contributed by atoms with Crippen molar-refractivity contribution in [2.75, 3.05) is 25.0 Å². The van der Waals surface area contributed by atoms with Crippen LogP contribution in [0.5, 0.6) is 0 Å². The van der Waals surface area contributed by atoms with E-state index in [0.717, 1.165) is 30.6 Å². The predicted octanol–water partition coefficient (Wildman–Crippen LogP) is 5.28. The molecule has 0 unspecified atom stereocenters. The fraction of sp³-hybridized carbons (Fsp3) is 0.375. The maximum Gasteiger partial charge on any atom is 0.291 e. The van der Waals surface area contributed by atoms with Crippen LogP contribution in [0.15, 0.2) is 52.9 Å². The van der Waals surface area contributed by atoms with E-state index in [1.165, 1.54) is 0 Å². The fourth-order valence-electron chi connectivity index (χ4n) is 4.08. The first kappa shape index (κ1) is 20.9. The van der Waals surface area contributed by atoms with Gasteiger partial charge in [-0.05, 0) is 66.8 Å². The molecule has 2 aromatic carbocycles. The molecule has 0 radical (unpaired) electrons. The Morgan fingerprint density at radius 1 is 1.17 bits per heavy atom. The zero-order valence-electron chi connectivity index (χ0n) is 17.3. The van der Waals surface area contributed by atoms with E-state index in [0.29, 0.717) is 35.1 Å². The number of carbonyl (C=O) groups excluding carboxylic acids is 1. The van der Waals surface area contributed by atoms with Gasteiger partial charge in [-0.1, -0.05) is 31.5 Å². The maximum atomic E-state index is 12.5. The number of hydrogen-bond acceptors (Lipinski definition) is 4. The van der Waals surface area contributed by atoms with Gasteiger partial charge in [0.2, 0.25) is 0 Å². The van der Waals surface area contributed by atoms with Crippen molar-refractivity contribution in [3.8, 4) is 0 Å². The number of fused-ring (bicyclic) bond motifs is 1. The van der Waals surface area contributed by atoms with Gasteiger partial charge in [-0.2, -0.15) is 0 Å². The highest BCUT2D eigenvalue weighted by Crippen LogP contribution is 2.35. The minimum absolute atomic E-state index is 0.232. The molecule has 1 aliphatic heterocycles. The van der Waals surface area contributed by atoms with E-state index in [9.17, 15) is 9.90 Å². The smallest absolute Gasteiger partial charge is 0.291 e. The Kier molecular flexibility index (Phi) is 5.87. The van der Waals surface area contributed by atoms with E-state index in [-0.39, 0.29) is 11.7 Å². The van der Waals surface area contributed by atoms with Crippen molar-refractivity contribution in [1.29, 1.82) is 0 Å². The van der Waals surface area contributed by atoms with E-state index in [4.69, 9.17) is 16.0 Å². The Bertz CT molecular complexity index is 1030. The van der Waals surface area contributed by atoms with Crippen LogP contribution in [0, 0.1) is 5.92 Å². The van der Waals surface area contributed by atoms with E-state index in [1.54, 1.807) is 30.3 Å². The number of amides is 1. The van der Waals surface area contributed by atoms with E-state index in [2.05, 4.69) is 24.1 Å². The van der Waals surface area contributed by atoms with Gasteiger partial charge >= 0.3 is 0 Å². The number of furan rings is 1. The van der Waals surface area contributed by atoms with Crippen LogP contribution < -0.4 is 5.32 Å². The number of aliphatic hydroxyl groups is 1. The van der Waals surface area contributed by atoms with E-state index < -0.39 is 5.60 Å². The summed E-state index contributed by atoms with van der Waals surface area (Å²) in [5.74, 6) is 0.530. The van der Waals surface area contributed by atoms with Crippen LogP contribution in [0.2, 0.25) is 5.02 Å². The summed E-state index contributed by atoms with van der Waals surface area (Å²) in [7, 11) is 0. The number of benzene rings is 2. The Hall–Kier alpha value is -2.34. The molecule has 1 fully saturated rings. The van der Waals surface area contributed by atoms with E-state index in [1.807, 2.05) is 18.2 Å². The quantitative estimate of drug-likeness (QED) is 0.582. The van der Waals surface area contributed by atoms with Gasteiger partial charge in [0.05, 0.1) is 5.60 Å². The molecule has 0 saturated carbocycles. The van der Waals surface area contributed by atoms with Gasteiger partial charge in [0, 0.05) is 35.7 Å². The number of halogens is 1. The van der Waals surface area contributed by atoms with Crippen molar-refractivity contribution in [3.05, 3.63) is 64.9 Å². The van der Waals surface area contributed by atoms with Crippen LogP contribution in [0.3, 0.4) is 0 Å².